The van der Waals surface area contributed by atoms with Crippen molar-refractivity contribution in [3.8, 4) is 0 Å². The molecule has 12 nitrogen and oxygen atoms in total. The summed E-state index contributed by atoms with van der Waals surface area (Å²) in [4.78, 5) is 32.4. The standard InChI is InChI=1S/C15H23N3O9Si/c1-11-13(17(20)21)8-12(9-14(11)18(22)23)10-27-15(19)16-6-5-7-28(24-2,25-3)26-4/h8-9H,5-7,10H2,1-4H3,(H,16,19). The summed E-state index contributed by atoms with van der Waals surface area (Å²) in [5, 5.41) is 24.6. The molecule has 156 valence electrons. The minimum Gasteiger partial charge on any atom is -0.445 e. The topological polar surface area (TPSA) is 152 Å². The Morgan fingerprint density at radius 1 is 1.07 bits per heavy atom. The number of benzene rings is 1. The van der Waals surface area contributed by atoms with E-state index in [1.54, 1.807) is 0 Å². The molecule has 0 atom stereocenters. The van der Waals surface area contributed by atoms with Crippen LogP contribution in [-0.4, -0.2) is 52.6 Å². The first kappa shape index (κ1) is 23.4. The number of carbonyl (C=O) groups excluding carboxylic acids is 1. The maximum absolute atomic E-state index is 11.8. The zero-order valence-corrected chi connectivity index (χ0v) is 17.1. The number of amides is 1. The molecule has 0 aromatic heterocycles. The second-order valence-corrected chi connectivity index (χ2v) is 8.77. The summed E-state index contributed by atoms with van der Waals surface area (Å²) >= 11 is 0. The molecule has 0 spiro atoms. The van der Waals surface area contributed by atoms with Crippen LogP contribution >= 0.6 is 0 Å². The van der Waals surface area contributed by atoms with Crippen molar-refractivity contribution in [3.63, 3.8) is 0 Å². The number of carbonyl (C=O) groups is 1. The Labute approximate surface area is 162 Å². The monoisotopic (exact) mass is 417 g/mol. The smallest absolute Gasteiger partial charge is 0.445 e. The van der Waals surface area contributed by atoms with E-state index in [2.05, 4.69) is 5.32 Å². The molecule has 1 aromatic rings. The molecule has 0 heterocycles. The Hall–Kier alpha value is -2.61. The molecule has 1 amide bonds. The van der Waals surface area contributed by atoms with E-state index >= 15 is 0 Å². The molecule has 0 saturated carbocycles. The third kappa shape index (κ3) is 6.23. The van der Waals surface area contributed by atoms with Crippen molar-refractivity contribution in [2.24, 2.45) is 0 Å². The molecule has 1 N–H and O–H groups in total. The van der Waals surface area contributed by atoms with E-state index in [0.29, 0.717) is 12.5 Å². The highest BCUT2D eigenvalue weighted by Gasteiger charge is 2.36. The fourth-order valence-electron chi connectivity index (χ4n) is 2.45. The zero-order valence-electron chi connectivity index (χ0n) is 16.1. The minimum atomic E-state index is -2.72. The van der Waals surface area contributed by atoms with Gasteiger partial charge in [0.2, 0.25) is 0 Å². The molecule has 0 aliphatic heterocycles. The van der Waals surface area contributed by atoms with Gasteiger partial charge < -0.3 is 23.3 Å². The van der Waals surface area contributed by atoms with Crippen LogP contribution in [0.2, 0.25) is 6.04 Å². The molecular formula is C15H23N3O9Si. The van der Waals surface area contributed by atoms with E-state index in [4.69, 9.17) is 18.0 Å². The number of ether oxygens (including phenoxy) is 1. The number of hydrogen-bond acceptors (Lipinski definition) is 9. The molecule has 1 aromatic carbocycles. The van der Waals surface area contributed by atoms with E-state index in [9.17, 15) is 25.0 Å². The molecule has 0 radical (unpaired) electrons. The summed E-state index contributed by atoms with van der Waals surface area (Å²) in [5.74, 6) is 0. The number of nitro groups is 2. The molecule has 0 aliphatic rings. The Balaban J connectivity index is 2.61. The number of rotatable bonds is 11. The van der Waals surface area contributed by atoms with Gasteiger partial charge in [-0.15, -0.1) is 0 Å². The molecule has 13 heteroatoms. The fraction of sp³-hybridized carbons (Fsp3) is 0.533. The van der Waals surface area contributed by atoms with Gasteiger partial charge in [-0.25, -0.2) is 4.79 Å². The lowest BCUT2D eigenvalue weighted by Crippen LogP contribution is -2.43. The first-order valence-corrected chi connectivity index (χ1v) is 10.1. The lowest BCUT2D eigenvalue weighted by atomic mass is 10.1. The van der Waals surface area contributed by atoms with Crippen LogP contribution in [0.5, 0.6) is 0 Å². The third-order valence-corrected chi connectivity index (χ3v) is 6.87. The van der Waals surface area contributed by atoms with Gasteiger partial charge in [-0.05, 0) is 13.3 Å². The Morgan fingerprint density at radius 3 is 2.00 bits per heavy atom. The first-order chi connectivity index (χ1) is 13.2. The van der Waals surface area contributed by atoms with Gasteiger partial charge in [0.25, 0.3) is 11.4 Å². The van der Waals surface area contributed by atoms with Crippen LogP contribution in [0.4, 0.5) is 16.2 Å². The van der Waals surface area contributed by atoms with Crippen LogP contribution in [0.1, 0.15) is 17.5 Å². The van der Waals surface area contributed by atoms with Crippen molar-refractivity contribution in [1.82, 2.24) is 5.32 Å². The van der Waals surface area contributed by atoms with Crippen LogP contribution in [-0.2, 0) is 24.6 Å². The maximum atomic E-state index is 11.8. The predicted molar refractivity (Wildman–Crippen MR) is 98.9 cm³/mol. The van der Waals surface area contributed by atoms with Gasteiger partial charge in [-0.2, -0.15) is 0 Å². The van der Waals surface area contributed by atoms with E-state index in [1.807, 2.05) is 0 Å². The van der Waals surface area contributed by atoms with Crippen molar-refractivity contribution in [2.75, 3.05) is 27.9 Å². The highest BCUT2D eigenvalue weighted by Crippen LogP contribution is 2.29. The quantitative estimate of drug-likeness (QED) is 0.247. The molecule has 0 fully saturated rings. The van der Waals surface area contributed by atoms with Gasteiger partial charge in [-0.3, -0.25) is 20.2 Å². The summed E-state index contributed by atoms with van der Waals surface area (Å²) in [7, 11) is 1.74. The average Bonchev–Trinajstić information content (AvgIpc) is 2.67. The summed E-state index contributed by atoms with van der Waals surface area (Å²) in [6.45, 7) is 1.20. The summed E-state index contributed by atoms with van der Waals surface area (Å²) in [6, 6.07) is 2.77. The number of nitrogens with one attached hydrogen (secondary N) is 1. The van der Waals surface area contributed by atoms with Gasteiger partial charge in [0.1, 0.15) is 12.2 Å². The summed E-state index contributed by atoms with van der Waals surface area (Å²) < 4.78 is 20.8. The number of nitrogens with zero attached hydrogens (tertiary/aromatic N) is 2. The second kappa shape index (κ2) is 10.7. The largest absolute Gasteiger partial charge is 0.500 e. The lowest BCUT2D eigenvalue weighted by Gasteiger charge is -2.24. The molecule has 0 bridgehead atoms. The van der Waals surface area contributed by atoms with Crippen molar-refractivity contribution in [1.29, 1.82) is 0 Å². The highest BCUT2D eigenvalue weighted by molar-refractivity contribution is 6.60. The average molecular weight is 417 g/mol. The molecule has 0 saturated heterocycles. The van der Waals surface area contributed by atoms with Crippen molar-refractivity contribution in [2.45, 2.75) is 26.0 Å². The van der Waals surface area contributed by atoms with Crippen LogP contribution in [0.3, 0.4) is 0 Å². The van der Waals surface area contributed by atoms with E-state index in [0.717, 1.165) is 12.1 Å². The molecular weight excluding hydrogens is 394 g/mol. The van der Waals surface area contributed by atoms with Gasteiger partial charge in [0, 0.05) is 51.6 Å². The predicted octanol–water partition coefficient (Wildman–Crippen LogP) is 2.31. The fourth-order valence-corrected chi connectivity index (χ4v) is 4.18. The van der Waals surface area contributed by atoms with Gasteiger partial charge >= 0.3 is 14.9 Å². The maximum Gasteiger partial charge on any atom is 0.500 e. The SMILES string of the molecule is CO[Si](CCCNC(=O)OCc1cc([N+](=O)[O-])c(C)c([N+](=O)[O-])c1)(OC)OC. The Morgan fingerprint density at radius 2 is 1.57 bits per heavy atom. The van der Waals surface area contributed by atoms with Crippen molar-refractivity contribution < 1.29 is 32.7 Å². The van der Waals surface area contributed by atoms with Crippen LogP contribution < -0.4 is 5.32 Å². The van der Waals surface area contributed by atoms with Gasteiger partial charge in [-0.1, -0.05) is 0 Å². The number of hydrogen-bond donors (Lipinski definition) is 1. The molecule has 0 unspecified atom stereocenters. The van der Waals surface area contributed by atoms with Gasteiger partial charge in [0.15, 0.2) is 0 Å². The van der Waals surface area contributed by atoms with Crippen LogP contribution in [0.15, 0.2) is 12.1 Å². The normalized spacial score (nSPS) is 11.1. The van der Waals surface area contributed by atoms with Crippen molar-refractivity contribution in [3.05, 3.63) is 43.5 Å². The van der Waals surface area contributed by atoms with Gasteiger partial charge in [0.05, 0.1) is 9.85 Å². The highest BCUT2D eigenvalue weighted by atomic mass is 28.4. The minimum absolute atomic E-state index is 0.0646. The first-order valence-electron chi connectivity index (χ1n) is 8.18. The van der Waals surface area contributed by atoms with E-state index in [1.165, 1.54) is 28.3 Å². The number of alkyl carbamates (subject to hydrolysis) is 1. The summed E-state index contributed by atoms with van der Waals surface area (Å²) in [6.07, 6.45) is -0.247. The molecule has 0 aliphatic carbocycles. The third-order valence-electron chi connectivity index (χ3n) is 4.04. The molecule has 1 rings (SSSR count). The zero-order chi connectivity index (χ0) is 21.3. The van der Waals surface area contributed by atoms with E-state index < -0.39 is 36.1 Å². The second-order valence-electron chi connectivity index (χ2n) is 5.68. The van der Waals surface area contributed by atoms with Crippen molar-refractivity contribution >= 4 is 26.3 Å². The molecule has 28 heavy (non-hydrogen) atoms. The Bertz CT molecular complexity index is 681. The summed E-state index contributed by atoms with van der Waals surface area (Å²) in [5.41, 5.74) is -0.740. The van der Waals surface area contributed by atoms with E-state index in [-0.39, 0.29) is 24.3 Å². The Kier molecular flexibility index (Phi) is 8.91. The lowest BCUT2D eigenvalue weighted by molar-refractivity contribution is -0.395. The van der Waals surface area contributed by atoms with Crippen LogP contribution in [0.25, 0.3) is 0 Å². The number of nitro benzene ring substituents is 2. The van der Waals surface area contributed by atoms with Crippen LogP contribution in [0, 0.1) is 27.2 Å².